The van der Waals surface area contributed by atoms with E-state index in [0.29, 0.717) is 17.8 Å². The second kappa shape index (κ2) is 5.34. The van der Waals surface area contributed by atoms with Gasteiger partial charge in [0.25, 0.3) is 0 Å². The Bertz CT molecular complexity index is 247. The summed E-state index contributed by atoms with van der Waals surface area (Å²) in [5.41, 5.74) is 0. The molecular weight excluding hydrogens is 186 g/mol. The van der Waals surface area contributed by atoms with E-state index in [1.54, 1.807) is 6.20 Å². The van der Waals surface area contributed by atoms with Gasteiger partial charge >= 0.3 is 0 Å². The summed E-state index contributed by atoms with van der Waals surface area (Å²) in [6.07, 6.45) is 5.98. The average Bonchev–Trinajstić information content (AvgIpc) is 2.21. The third-order valence-corrected chi connectivity index (χ3v) is 3.79. The van der Waals surface area contributed by atoms with Gasteiger partial charge in [-0.2, -0.15) is 0 Å². The summed E-state index contributed by atoms with van der Waals surface area (Å²) >= 11 is 0. The number of hydrogen-bond donors (Lipinski definition) is 1. The maximum absolute atomic E-state index is 11.9. The van der Waals surface area contributed by atoms with Crippen LogP contribution in [0, 0.1) is 23.7 Å². The molecule has 1 rings (SSSR count). The van der Waals surface area contributed by atoms with E-state index in [4.69, 9.17) is 0 Å². The lowest BCUT2D eigenvalue weighted by Crippen LogP contribution is -2.47. The van der Waals surface area contributed by atoms with Crippen LogP contribution in [0.5, 0.6) is 0 Å². The summed E-state index contributed by atoms with van der Waals surface area (Å²) in [5, 5.41) is 2.85. The lowest BCUT2D eigenvalue weighted by molar-refractivity contribution is -0.134. The first-order valence-electron chi connectivity index (χ1n) is 6.03. The number of allylic oxidation sites excluding steroid dienone is 1. The number of carbonyl (C=O) groups excluding carboxylic acids is 1. The largest absolute Gasteiger partial charge is 0.333 e. The molecule has 1 N–H and O–H groups in total. The van der Waals surface area contributed by atoms with Gasteiger partial charge in [0.2, 0.25) is 5.91 Å². The van der Waals surface area contributed by atoms with E-state index in [0.717, 1.165) is 0 Å². The van der Waals surface area contributed by atoms with E-state index < -0.39 is 0 Å². The van der Waals surface area contributed by atoms with Crippen LogP contribution in [-0.2, 0) is 4.79 Å². The first kappa shape index (κ1) is 12.3. The molecule has 0 aromatic heterocycles. The van der Waals surface area contributed by atoms with Gasteiger partial charge in [0.05, 0.1) is 0 Å². The third-order valence-electron chi connectivity index (χ3n) is 3.79. The van der Waals surface area contributed by atoms with Gasteiger partial charge in [-0.3, -0.25) is 4.79 Å². The maximum Gasteiger partial charge on any atom is 0.227 e. The van der Waals surface area contributed by atoms with Crippen LogP contribution in [0.2, 0.25) is 0 Å². The molecule has 1 fully saturated rings. The molecular formula is C13H23NO. The molecule has 0 aromatic carbocycles. The Morgan fingerprint density at radius 3 is 2.73 bits per heavy atom. The zero-order valence-corrected chi connectivity index (χ0v) is 10.3. The fourth-order valence-corrected chi connectivity index (χ4v) is 2.55. The van der Waals surface area contributed by atoms with Crippen molar-refractivity contribution in [3.8, 4) is 0 Å². The molecule has 0 aromatic rings. The van der Waals surface area contributed by atoms with E-state index >= 15 is 0 Å². The van der Waals surface area contributed by atoms with Crippen molar-refractivity contribution >= 4 is 5.91 Å². The Morgan fingerprint density at radius 2 is 2.27 bits per heavy atom. The molecule has 1 aliphatic rings. The van der Waals surface area contributed by atoms with E-state index in [2.05, 4.69) is 26.1 Å². The third kappa shape index (κ3) is 2.61. The highest BCUT2D eigenvalue weighted by Gasteiger charge is 2.44. The van der Waals surface area contributed by atoms with Crippen LogP contribution >= 0.6 is 0 Å². The van der Waals surface area contributed by atoms with Crippen molar-refractivity contribution in [1.82, 2.24) is 5.32 Å². The lowest BCUT2D eigenvalue weighted by Gasteiger charge is -2.44. The molecule has 0 saturated heterocycles. The van der Waals surface area contributed by atoms with Gasteiger partial charge in [0, 0.05) is 5.92 Å². The van der Waals surface area contributed by atoms with Gasteiger partial charge in [0.1, 0.15) is 0 Å². The highest BCUT2D eigenvalue weighted by atomic mass is 16.1. The lowest BCUT2D eigenvalue weighted by atomic mass is 9.60. The molecule has 0 radical (unpaired) electrons. The van der Waals surface area contributed by atoms with Crippen LogP contribution < -0.4 is 5.32 Å². The fourth-order valence-electron chi connectivity index (χ4n) is 2.55. The standard InChI is InChI=1S/C13H23NO/c1-5-7-14-13(15)12-10(4)8-11(12)9(3)6-2/h5,7,9-12H,6,8H2,1-4H3,(H,14,15)/b7-5-. The second-order valence-electron chi connectivity index (χ2n) is 4.80. The van der Waals surface area contributed by atoms with Gasteiger partial charge in [-0.05, 0) is 37.3 Å². The van der Waals surface area contributed by atoms with Gasteiger partial charge < -0.3 is 5.32 Å². The van der Waals surface area contributed by atoms with Crippen molar-refractivity contribution < 1.29 is 4.79 Å². The molecule has 4 atom stereocenters. The van der Waals surface area contributed by atoms with Gasteiger partial charge in [0.15, 0.2) is 0 Å². The molecule has 1 aliphatic carbocycles. The van der Waals surface area contributed by atoms with Crippen LogP contribution in [0.4, 0.5) is 0 Å². The van der Waals surface area contributed by atoms with E-state index in [1.807, 2.05) is 13.0 Å². The number of nitrogens with one attached hydrogen (secondary N) is 1. The van der Waals surface area contributed by atoms with E-state index in [1.165, 1.54) is 12.8 Å². The smallest absolute Gasteiger partial charge is 0.227 e. The Kier molecular flexibility index (Phi) is 4.37. The molecule has 1 amide bonds. The van der Waals surface area contributed by atoms with Crippen molar-refractivity contribution in [2.24, 2.45) is 23.7 Å². The Morgan fingerprint density at radius 1 is 1.60 bits per heavy atom. The second-order valence-corrected chi connectivity index (χ2v) is 4.80. The zero-order chi connectivity index (χ0) is 11.4. The Labute approximate surface area is 93.1 Å². The summed E-state index contributed by atoms with van der Waals surface area (Å²) in [7, 11) is 0. The van der Waals surface area contributed by atoms with E-state index in [9.17, 15) is 4.79 Å². The molecule has 86 valence electrons. The zero-order valence-electron chi connectivity index (χ0n) is 10.3. The summed E-state index contributed by atoms with van der Waals surface area (Å²) < 4.78 is 0. The highest BCUT2D eigenvalue weighted by molar-refractivity contribution is 5.81. The van der Waals surface area contributed by atoms with Gasteiger partial charge in [-0.1, -0.05) is 33.3 Å². The molecule has 2 nitrogen and oxygen atoms in total. The summed E-state index contributed by atoms with van der Waals surface area (Å²) in [4.78, 5) is 11.9. The van der Waals surface area contributed by atoms with Crippen LogP contribution in [0.15, 0.2) is 12.3 Å². The quantitative estimate of drug-likeness (QED) is 0.757. The number of rotatable bonds is 4. The molecule has 1 saturated carbocycles. The predicted octanol–water partition coefficient (Wildman–Crippen LogP) is 2.95. The molecule has 0 aliphatic heterocycles. The monoisotopic (exact) mass is 209 g/mol. The average molecular weight is 209 g/mol. The molecule has 2 heteroatoms. The summed E-state index contributed by atoms with van der Waals surface area (Å²) in [5.74, 6) is 2.25. The minimum absolute atomic E-state index is 0.206. The molecule has 4 unspecified atom stereocenters. The summed E-state index contributed by atoms with van der Waals surface area (Å²) in [6.45, 7) is 8.55. The van der Waals surface area contributed by atoms with Crippen molar-refractivity contribution in [2.75, 3.05) is 0 Å². The van der Waals surface area contributed by atoms with Crippen molar-refractivity contribution in [2.45, 2.75) is 40.5 Å². The highest BCUT2D eigenvalue weighted by Crippen LogP contribution is 2.45. The predicted molar refractivity (Wildman–Crippen MR) is 63.2 cm³/mol. The van der Waals surface area contributed by atoms with Crippen molar-refractivity contribution in [3.63, 3.8) is 0 Å². The van der Waals surface area contributed by atoms with Crippen LogP contribution in [0.25, 0.3) is 0 Å². The molecule has 15 heavy (non-hydrogen) atoms. The Hall–Kier alpha value is -0.790. The van der Waals surface area contributed by atoms with Crippen LogP contribution in [-0.4, -0.2) is 5.91 Å². The molecule has 0 spiro atoms. The number of amides is 1. The fraction of sp³-hybridized carbons (Fsp3) is 0.769. The van der Waals surface area contributed by atoms with E-state index in [-0.39, 0.29) is 11.8 Å². The number of hydrogen-bond acceptors (Lipinski definition) is 1. The first-order chi connectivity index (χ1) is 7.11. The molecule has 0 bridgehead atoms. The van der Waals surface area contributed by atoms with Crippen molar-refractivity contribution in [3.05, 3.63) is 12.3 Å². The van der Waals surface area contributed by atoms with Crippen LogP contribution in [0.3, 0.4) is 0 Å². The molecule has 0 heterocycles. The summed E-state index contributed by atoms with van der Waals surface area (Å²) in [6, 6.07) is 0. The number of carbonyl (C=O) groups is 1. The SMILES string of the molecule is C/C=C\NC(=O)C1C(C)CC1C(C)CC. The van der Waals surface area contributed by atoms with Crippen LogP contribution in [0.1, 0.15) is 40.5 Å². The topological polar surface area (TPSA) is 29.1 Å². The minimum Gasteiger partial charge on any atom is -0.333 e. The normalized spacial score (nSPS) is 32.4. The first-order valence-corrected chi connectivity index (χ1v) is 6.03. The van der Waals surface area contributed by atoms with Crippen molar-refractivity contribution in [1.29, 1.82) is 0 Å². The Balaban J connectivity index is 2.54. The van der Waals surface area contributed by atoms with Gasteiger partial charge in [-0.25, -0.2) is 0 Å². The minimum atomic E-state index is 0.206. The van der Waals surface area contributed by atoms with Gasteiger partial charge in [-0.15, -0.1) is 0 Å². The maximum atomic E-state index is 11.9.